The molecule has 95 heavy (non-hydrogen) atoms. The summed E-state index contributed by atoms with van der Waals surface area (Å²) in [5.41, 5.74) is 23.9. The van der Waals surface area contributed by atoms with Gasteiger partial charge in [-0.05, 0) is 352 Å². The Balaban J connectivity index is 0.000000125. The van der Waals surface area contributed by atoms with Crippen LogP contribution in [0.1, 0.15) is 135 Å². The standard InChI is InChI=1S/C44H40.C16H23BO2.C14H9Br3.C14H9Br/c1-4-18-33-29(12-1)15-9-23-36(33)32-26-27-41-42(28-32)44(38-25-11-17-31-14-3-6-20-35(31)38)40-22-8-7-21-39(40)43(41)37-24-10-16-30-13-2-5-19-34(30)37;1-15(2)16(3,4)19-17(18-15)14-11-7-9-12-8-5-6-10-13(12)14;1-2-9-12(7-8-15)14(17)11-6-4-3-5-10(11)13(9)16;15-14-6-5-12-7-10-3-1-2-4-11(10)8-13(12)9-14/h7-11,15-17,21-28H,1-6,12-14,18-20H2;7,9,11H,5-6,8,10H2,1-4H3;2-8H,1H2;1-9H/b;;8-7+;. The molecule has 17 rings (SSSR count). The predicted molar refractivity (Wildman–Crippen MR) is 423 cm³/mol. The van der Waals surface area contributed by atoms with Gasteiger partial charge in [-0.15, -0.1) is 0 Å². The molecule has 0 amide bonds. The van der Waals surface area contributed by atoms with E-state index in [2.05, 4.69) is 280 Å². The van der Waals surface area contributed by atoms with E-state index >= 15 is 0 Å². The van der Waals surface area contributed by atoms with Crippen LogP contribution in [0.3, 0.4) is 0 Å². The number of hydrogen-bond acceptors (Lipinski definition) is 2. The topological polar surface area (TPSA) is 18.5 Å². The number of aryl methyl sites for hydroxylation is 4. The minimum Gasteiger partial charge on any atom is -0.399 e. The molecule has 1 saturated heterocycles. The second-order valence-corrected chi connectivity index (χ2v) is 30.5. The summed E-state index contributed by atoms with van der Waals surface area (Å²) in [6, 6.07) is 72.2. The molecule has 12 aromatic rings. The summed E-state index contributed by atoms with van der Waals surface area (Å²) < 4.78 is 15.7. The van der Waals surface area contributed by atoms with Gasteiger partial charge in [-0.3, -0.25) is 0 Å². The minimum atomic E-state index is -0.255. The summed E-state index contributed by atoms with van der Waals surface area (Å²) in [5.74, 6) is 0. The molecule has 476 valence electrons. The van der Waals surface area contributed by atoms with Crippen molar-refractivity contribution in [2.75, 3.05) is 0 Å². The van der Waals surface area contributed by atoms with Crippen molar-refractivity contribution < 1.29 is 9.31 Å². The first kappa shape index (κ1) is 65.6. The highest BCUT2D eigenvalue weighted by molar-refractivity contribution is 9.11. The summed E-state index contributed by atoms with van der Waals surface area (Å²) in [6.45, 7) is 12.3. The molecule has 2 nitrogen and oxygen atoms in total. The molecule has 7 heteroatoms. The molecule has 4 aliphatic carbocycles. The van der Waals surface area contributed by atoms with E-state index in [0.717, 1.165) is 31.0 Å². The third-order valence-corrected chi connectivity index (χ3v) is 23.7. The van der Waals surface area contributed by atoms with Crippen LogP contribution in [0.25, 0.3) is 99.4 Å². The molecule has 0 aromatic heterocycles. The SMILES string of the molecule is Brc1ccc2cc3ccccc3cc2c1.C=Cc1c(/C=C/Br)c(Br)c2ccccc2c1Br.CC1(C)OB(c2cccc3c2CCCC3)OC1(C)C.c1cc2c(c(-c3ccc4c(-c5cccc6c5CCCC6)c5ccccc5c(-c5cccc6c5CCCC6)c4c3)c1)CCCC2. The maximum atomic E-state index is 6.19. The van der Waals surface area contributed by atoms with E-state index in [1.54, 1.807) is 33.4 Å². The van der Waals surface area contributed by atoms with Gasteiger partial charge in [0.2, 0.25) is 0 Å². The van der Waals surface area contributed by atoms with Gasteiger partial charge in [-0.2, -0.15) is 0 Å². The van der Waals surface area contributed by atoms with Gasteiger partial charge in [-0.25, -0.2) is 0 Å². The Morgan fingerprint density at radius 2 is 0.800 bits per heavy atom. The smallest absolute Gasteiger partial charge is 0.399 e. The molecular formula is C88H81BBr4O2. The highest BCUT2D eigenvalue weighted by Crippen LogP contribution is 2.49. The monoisotopic (exact) mass is 1500 g/mol. The fourth-order valence-corrected chi connectivity index (χ4v) is 17.8. The van der Waals surface area contributed by atoms with Crippen molar-refractivity contribution in [1.29, 1.82) is 0 Å². The number of benzene rings is 12. The lowest BCUT2D eigenvalue weighted by molar-refractivity contribution is 0.00578. The second-order valence-electron chi connectivity index (χ2n) is 27.5. The molecule has 1 heterocycles. The number of hydrogen-bond donors (Lipinski definition) is 0. The van der Waals surface area contributed by atoms with Crippen molar-refractivity contribution in [2.24, 2.45) is 0 Å². The zero-order valence-electron chi connectivity index (χ0n) is 55.1. The Morgan fingerprint density at radius 3 is 1.34 bits per heavy atom. The lowest BCUT2D eigenvalue weighted by Gasteiger charge is -2.32. The van der Waals surface area contributed by atoms with Gasteiger partial charge >= 0.3 is 7.12 Å². The molecule has 0 saturated carbocycles. The van der Waals surface area contributed by atoms with Crippen LogP contribution >= 0.6 is 63.7 Å². The summed E-state index contributed by atoms with van der Waals surface area (Å²) >= 11 is 14.1. The van der Waals surface area contributed by atoms with E-state index in [1.807, 2.05) is 29.3 Å². The Hall–Kier alpha value is -6.68. The molecule has 0 spiro atoms. The minimum absolute atomic E-state index is 0.210. The lowest BCUT2D eigenvalue weighted by atomic mass is 9.72. The summed E-state index contributed by atoms with van der Waals surface area (Å²) in [5, 5.41) is 13.1. The third-order valence-electron chi connectivity index (χ3n) is 21.3. The zero-order valence-corrected chi connectivity index (χ0v) is 61.5. The van der Waals surface area contributed by atoms with Gasteiger partial charge in [0.15, 0.2) is 0 Å². The van der Waals surface area contributed by atoms with Crippen LogP contribution in [0.5, 0.6) is 0 Å². The molecule has 0 N–H and O–H groups in total. The van der Waals surface area contributed by atoms with E-state index < -0.39 is 0 Å². The van der Waals surface area contributed by atoms with Crippen LogP contribution < -0.4 is 5.46 Å². The van der Waals surface area contributed by atoms with Crippen LogP contribution in [0.4, 0.5) is 0 Å². The van der Waals surface area contributed by atoms with Crippen LogP contribution in [-0.4, -0.2) is 18.3 Å². The average molecular weight is 1500 g/mol. The van der Waals surface area contributed by atoms with Crippen molar-refractivity contribution in [3.8, 4) is 33.4 Å². The second kappa shape index (κ2) is 28.4. The Kier molecular flexibility index (Phi) is 19.6. The molecular weight excluding hydrogens is 1420 g/mol. The van der Waals surface area contributed by atoms with Crippen molar-refractivity contribution in [2.45, 2.75) is 142 Å². The van der Waals surface area contributed by atoms with Gasteiger partial charge in [-0.1, -0.05) is 208 Å². The lowest BCUT2D eigenvalue weighted by Crippen LogP contribution is -2.41. The van der Waals surface area contributed by atoms with E-state index in [0.29, 0.717) is 0 Å². The van der Waals surface area contributed by atoms with Crippen LogP contribution in [0, 0.1) is 0 Å². The summed E-state index contributed by atoms with van der Waals surface area (Å²) in [7, 11) is -0.210. The van der Waals surface area contributed by atoms with E-state index in [9.17, 15) is 0 Å². The molecule has 1 fully saturated rings. The fraction of sp³-hybridized carbons (Fsp3) is 0.250. The Morgan fingerprint density at radius 1 is 0.379 bits per heavy atom. The third kappa shape index (κ3) is 13.1. The quantitative estimate of drug-likeness (QED) is 0.122. The number of fused-ring (bicyclic) bond motifs is 9. The van der Waals surface area contributed by atoms with Crippen LogP contribution in [0.2, 0.25) is 0 Å². The van der Waals surface area contributed by atoms with Crippen LogP contribution in [0.15, 0.2) is 219 Å². The van der Waals surface area contributed by atoms with Crippen molar-refractivity contribution in [1.82, 2.24) is 0 Å². The number of rotatable bonds is 6. The molecule has 0 radical (unpaired) electrons. The van der Waals surface area contributed by atoms with Crippen LogP contribution in [-0.2, 0) is 60.7 Å². The highest BCUT2D eigenvalue weighted by atomic mass is 79.9. The summed E-state index contributed by atoms with van der Waals surface area (Å²) in [4.78, 5) is 1.85. The van der Waals surface area contributed by atoms with E-state index in [4.69, 9.17) is 9.31 Å². The molecule has 0 bridgehead atoms. The van der Waals surface area contributed by atoms with Gasteiger partial charge in [0.25, 0.3) is 0 Å². The molecule has 1 aliphatic heterocycles. The van der Waals surface area contributed by atoms with Crippen molar-refractivity contribution >= 4 is 142 Å². The van der Waals surface area contributed by atoms with E-state index in [1.165, 1.54) is 200 Å². The zero-order chi connectivity index (χ0) is 65.4. The fourth-order valence-electron chi connectivity index (χ4n) is 15.7. The van der Waals surface area contributed by atoms with Crippen molar-refractivity contribution in [3.63, 3.8) is 0 Å². The highest BCUT2D eigenvalue weighted by Gasteiger charge is 2.52. The maximum absolute atomic E-state index is 6.19. The Labute approximate surface area is 596 Å². The molecule has 12 aromatic carbocycles. The van der Waals surface area contributed by atoms with E-state index in [-0.39, 0.29) is 18.3 Å². The first-order valence-electron chi connectivity index (χ1n) is 34.4. The van der Waals surface area contributed by atoms with Gasteiger partial charge in [0.1, 0.15) is 0 Å². The van der Waals surface area contributed by atoms with Gasteiger partial charge in [0, 0.05) is 13.4 Å². The average Bonchev–Trinajstić information content (AvgIpc) is 1.34. The predicted octanol–water partition coefficient (Wildman–Crippen LogP) is 25.6. The molecule has 0 unspecified atom stereocenters. The first-order chi connectivity index (χ1) is 46.3. The van der Waals surface area contributed by atoms with Gasteiger partial charge < -0.3 is 9.31 Å². The normalized spacial score (nSPS) is 16.0. The molecule has 0 atom stereocenters. The van der Waals surface area contributed by atoms with Crippen molar-refractivity contribution in [3.05, 3.63) is 275 Å². The molecule has 5 aliphatic rings. The summed E-state index contributed by atoms with van der Waals surface area (Å²) in [6.07, 6.45) is 23.8. The Bertz CT molecular complexity index is 4940. The maximum Gasteiger partial charge on any atom is 0.495 e. The largest absolute Gasteiger partial charge is 0.495 e. The number of halogens is 4. The first-order valence-corrected chi connectivity index (χ1v) is 37.7. The van der Waals surface area contributed by atoms with Gasteiger partial charge in [0.05, 0.1) is 11.2 Å².